The first kappa shape index (κ1) is 19.8. The van der Waals surface area contributed by atoms with Crippen LogP contribution in [0.5, 0.6) is 0 Å². The first-order valence-electron chi connectivity index (χ1n) is 10.2. The molecule has 1 unspecified atom stereocenters. The Morgan fingerprint density at radius 3 is 2.52 bits per heavy atom. The number of carbonyl (C=O) groups excluding carboxylic acids is 2. The topological polar surface area (TPSA) is 82.5 Å². The van der Waals surface area contributed by atoms with E-state index in [2.05, 4.69) is 10.0 Å². The minimum atomic E-state index is -0.116. The van der Waals surface area contributed by atoms with Crippen LogP contribution in [-0.4, -0.2) is 65.1 Å². The zero-order valence-corrected chi connectivity index (χ0v) is 17.7. The van der Waals surface area contributed by atoms with Crippen LogP contribution in [0.4, 0.5) is 0 Å². The van der Waals surface area contributed by atoms with Crippen LogP contribution in [0.3, 0.4) is 0 Å². The van der Waals surface area contributed by atoms with Crippen LogP contribution >= 0.6 is 11.3 Å². The second kappa shape index (κ2) is 8.52. The molecule has 0 bridgehead atoms. The molecular formula is C22H22N4O4S. The van der Waals surface area contributed by atoms with E-state index in [9.17, 15) is 9.59 Å². The molecule has 2 amide bonds. The summed E-state index contributed by atoms with van der Waals surface area (Å²) >= 11 is 1.62. The molecule has 160 valence electrons. The molecule has 1 atom stereocenters. The molecule has 8 nitrogen and oxygen atoms in total. The zero-order chi connectivity index (χ0) is 21.2. The first-order chi connectivity index (χ1) is 15.2. The molecule has 0 aromatic carbocycles. The Balaban J connectivity index is 1.24. The number of thiophene rings is 1. The Morgan fingerprint density at radius 2 is 1.84 bits per heavy atom. The SMILES string of the molecule is O=C(c1ccco1)N1CCN(CC(=O)N2N=C(c3ccco3)CC2c2cccs2)CC1. The molecule has 0 aliphatic carbocycles. The Labute approximate surface area is 183 Å². The van der Waals surface area contributed by atoms with Gasteiger partial charge < -0.3 is 13.7 Å². The van der Waals surface area contributed by atoms with E-state index in [1.807, 2.05) is 29.6 Å². The number of furan rings is 2. The first-order valence-corrected chi connectivity index (χ1v) is 11.1. The Morgan fingerprint density at radius 1 is 1.03 bits per heavy atom. The maximum Gasteiger partial charge on any atom is 0.289 e. The Hall–Kier alpha value is -3.17. The highest BCUT2D eigenvalue weighted by Gasteiger charge is 2.35. The fourth-order valence-corrected chi connectivity index (χ4v) is 4.77. The summed E-state index contributed by atoms with van der Waals surface area (Å²) in [5.74, 6) is 0.883. The second-order valence-electron chi connectivity index (χ2n) is 7.54. The maximum absolute atomic E-state index is 13.2. The van der Waals surface area contributed by atoms with E-state index in [0.717, 1.165) is 10.6 Å². The molecule has 0 N–H and O–H groups in total. The molecule has 1 saturated heterocycles. The monoisotopic (exact) mass is 438 g/mol. The smallest absolute Gasteiger partial charge is 0.289 e. The number of nitrogens with zero attached hydrogens (tertiary/aromatic N) is 4. The molecule has 0 spiro atoms. The van der Waals surface area contributed by atoms with Gasteiger partial charge in [-0.05, 0) is 35.7 Å². The van der Waals surface area contributed by atoms with Gasteiger partial charge in [0.1, 0.15) is 11.5 Å². The highest BCUT2D eigenvalue weighted by molar-refractivity contribution is 7.10. The number of carbonyl (C=O) groups is 2. The summed E-state index contributed by atoms with van der Waals surface area (Å²) in [7, 11) is 0. The summed E-state index contributed by atoms with van der Waals surface area (Å²) in [4.78, 5) is 30.6. The molecule has 5 heterocycles. The molecule has 0 radical (unpaired) electrons. The van der Waals surface area contributed by atoms with Crippen molar-refractivity contribution in [1.29, 1.82) is 0 Å². The van der Waals surface area contributed by atoms with Gasteiger partial charge in [-0.1, -0.05) is 6.07 Å². The molecule has 9 heteroatoms. The van der Waals surface area contributed by atoms with Crippen molar-refractivity contribution in [2.45, 2.75) is 12.5 Å². The molecule has 3 aromatic heterocycles. The molecule has 0 saturated carbocycles. The predicted octanol–water partition coefficient (Wildman–Crippen LogP) is 3.07. The minimum Gasteiger partial charge on any atom is -0.463 e. The second-order valence-corrected chi connectivity index (χ2v) is 8.52. The lowest BCUT2D eigenvalue weighted by Crippen LogP contribution is -2.51. The lowest BCUT2D eigenvalue weighted by molar-refractivity contribution is -0.134. The number of amides is 2. The molecular weight excluding hydrogens is 416 g/mol. The van der Waals surface area contributed by atoms with Gasteiger partial charge in [0.05, 0.1) is 25.1 Å². The van der Waals surface area contributed by atoms with Gasteiger partial charge in [-0.3, -0.25) is 14.5 Å². The minimum absolute atomic E-state index is 0.0502. The van der Waals surface area contributed by atoms with Crippen molar-refractivity contribution in [2.24, 2.45) is 5.10 Å². The van der Waals surface area contributed by atoms with Gasteiger partial charge in [-0.15, -0.1) is 11.3 Å². The van der Waals surface area contributed by atoms with Crippen LogP contribution in [0, 0.1) is 0 Å². The van der Waals surface area contributed by atoms with E-state index in [1.165, 1.54) is 6.26 Å². The quantitative estimate of drug-likeness (QED) is 0.611. The molecule has 31 heavy (non-hydrogen) atoms. The Bertz CT molecular complexity index is 1050. The summed E-state index contributed by atoms with van der Waals surface area (Å²) < 4.78 is 10.7. The number of piperazine rings is 1. The molecule has 2 aliphatic rings. The van der Waals surface area contributed by atoms with E-state index in [4.69, 9.17) is 8.83 Å². The molecule has 2 aliphatic heterocycles. The fraction of sp³-hybridized carbons (Fsp3) is 0.318. The summed E-state index contributed by atoms with van der Waals surface area (Å²) in [5.41, 5.74) is 0.783. The van der Waals surface area contributed by atoms with Gasteiger partial charge in [0.2, 0.25) is 0 Å². The van der Waals surface area contributed by atoms with Crippen molar-refractivity contribution in [1.82, 2.24) is 14.8 Å². The van der Waals surface area contributed by atoms with Crippen LogP contribution in [0.1, 0.15) is 33.7 Å². The van der Waals surface area contributed by atoms with E-state index < -0.39 is 0 Å². The fourth-order valence-electron chi connectivity index (χ4n) is 3.96. The Kier molecular flexibility index (Phi) is 5.44. The third-order valence-electron chi connectivity index (χ3n) is 5.59. The van der Waals surface area contributed by atoms with Crippen molar-refractivity contribution in [3.8, 4) is 0 Å². The highest BCUT2D eigenvalue weighted by Crippen LogP contribution is 2.35. The van der Waals surface area contributed by atoms with Gasteiger partial charge in [0.15, 0.2) is 5.76 Å². The van der Waals surface area contributed by atoms with Crippen molar-refractivity contribution in [3.63, 3.8) is 0 Å². The number of hydrogen-bond donors (Lipinski definition) is 0. The van der Waals surface area contributed by atoms with Crippen molar-refractivity contribution < 1.29 is 18.4 Å². The normalized spacial score (nSPS) is 19.6. The summed E-state index contributed by atoms with van der Waals surface area (Å²) in [6, 6.07) is 11.0. The lowest BCUT2D eigenvalue weighted by Gasteiger charge is -2.34. The average molecular weight is 439 g/mol. The standard InChI is InChI=1S/C22H22N4O4S/c27-21(15-24-7-9-25(10-8-24)22(28)19-5-2-12-30-19)26-17(20-6-3-13-31-20)14-16(23-26)18-4-1-11-29-18/h1-6,11-13,17H,7-10,14-15H2. The van der Waals surface area contributed by atoms with E-state index >= 15 is 0 Å². The number of hydrazone groups is 1. The van der Waals surface area contributed by atoms with Gasteiger partial charge in [-0.2, -0.15) is 5.10 Å². The maximum atomic E-state index is 13.2. The lowest BCUT2D eigenvalue weighted by atomic mass is 10.1. The molecule has 5 rings (SSSR count). The summed E-state index contributed by atoms with van der Waals surface area (Å²) in [6.07, 6.45) is 3.75. The van der Waals surface area contributed by atoms with E-state index in [0.29, 0.717) is 44.1 Å². The van der Waals surface area contributed by atoms with Crippen molar-refractivity contribution in [2.75, 3.05) is 32.7 Å². The van der Waals surface area contributed by atoms with Crippen LogP contribution < -0.4 is 0 Å². The van der Waals surface area contributed by atoms with Crippen LogP contribution in [0.2, 0.25) is 0 Å². The summed E-state index contributed by atoms with van der Waals surface area (Å²) in [6.45, 7) is 2.64. The average Bonchev–Trinajstić information content (AvgIpc) is 3.58. The van der Waals surface area contributed by atoms with Gasteiger partial charge in [0, 0.05) is 37.5 Å². The van der Waals surface area contributed by atoms with Crippen LogP contribution in [-0.2, 0) is 4.79 Å². The highest BCUT2D eigenvalue weighted by atomic mass is 32.1. The van der Waals surface area contributed by atoms with Crippen LogP contribution in [0.15, 0.2) is 68.2 Å². The molecule has 1 fully saturated rings. The van der Waals surface area contributed by atoms with E-state index in [-0.39, 0.29) is 24.4 Å². The van der Waals surface area contributed by atoms with Crippen LogP contribution in [0.25, 0.3) is 0 Å². The van der Waals surface area contributed by atoms with E-state index in [1.54, 1.807) is 39.6 Å². The predicted molar refractivity (Wildman–Crippen MR) is 115 cm³/mol. The van der Waals surface area contributed by atoms with Gasteiger partial charge >= 0.3 is 0 Å². The van der Waals surface area contributed by atoms with Crippen molar-refractivity contribution in [3.05, 3.63) is 70.7 Å². The van der Waals surface area contributed by atoms with Gasteiger partial charge in [0.25, 0.3) is 11.8 Å². The number of rotatable bonds is 5. The van der Waals surface area contributed by atoms with Crippen molar-refractivity contribution >= 4 is 28.9 Å². The largest absolute Gasteiger partial charge is 0.463 e. The van der Waals surface area contributed by atoms with Gasteiger partial charge in [-0.25, -0.2) is 5.01 Å². The third kappa shape index (κ3) is 4.06. The number of hydrogen-bond acceptors (Lipinski definition) is 7. The third-order valence-corrected chi connectivity index (χ3v) is 6.57. The zero-order valence-electron chi connectivity index (χ0n) is 16.8. The molecule has 3 aromatic rings. The summed E-state index contributed by atoms with van der Waals surface area (Å²) in [5, 5.41) is 8.23.